The SMILES string of the molecule is CCC(C)Sc1ncc(-c2nc(-c3c(F)cccc3Cl)[nH]c2N)cn1. The lowest BCUT2D eigenvalue weighted by molar-refractivity contribution is 0.630. The second-order valence-electron chi connectivity index (χ2n) is 5.54. The fraction of sp³-hybridized carbons (Fsp3) is 0.235. The van der Waals surface area contributed by atoms with Gasteiger partial charge in [0.25, 0.3) is 0 Å². The first-order valence-corrected chi connectivity index (χ1v) is 9.04. The van der Waals surface area contributed by atoms with Crippen LogP contribution in [0.15, 0.2) is 35.7 Å². The van der Waals surface area contributed by atoms with Gasteiger partial charge in [0.1, 0.15) is 23.2 Å². The number of hydrogen-bond donors (Lipinski definition) is 2. The maximum atomic E-state index is 14.1. The quantitative estimate of drug-likeness (QED) is 0.493. The van der Waals surface area contributed by atoms with E-state index in [4.69, 9.17) is 17.3 Å². The maximum Gasteiger partial charge on any atom is 0.187 e. The van der Waals surface area contributed by atoms with Crippen LogP contribution in [0, 0.1) is 5.82 Å². The number of aromatic amines is 1. The molecule has 8 heteroatoms. The molecule has 0 aliphatic carbocycles. The molecule has 3 rings (SSSR count). The fourth-order valence-electron chi connectivity index (χ4n) is 2.21. The summed E-state index contributed by atoms with van der Waals surface area (Å²) in [6, 6.07) is 4.46. The van der Waals surface area contributed by atoms with Crippen LogP contribution in [-0.2, 0) is 0 Å². The summed E-state index contributed by atoms with van der Waals surface area (Å²) in [5.41, 5.74) is 7.31. The largest absolute Gasteiger partial charge is 0.383 e. The second-order valence-corrected chi connectivity index (χ2v) is 7.35. The molecule has 0 fully saturated rings. The van der Waals surface area contributed by atoms with Crippen LogP contribution < -0.4 is 5.73 Å². The molecule has 5 nitrogen and oxygen atoms in total. The van der Waals surface area contributed by atoms with E-state index in [-0.39, 0.29) is 16.4 Å². The summed E-state index contributed by atoms with van der Waals surface area (Å²) in [5, 5.41) is 1.40. The van der Waals surface area contributed by atoms with Crippen LogP contribution in [0.5, 0.6) is 0 Å². The Bertz CT molecular complexity index is 861. The summed E-state index contributed by atoms with van der Waals surface area (Å²) in [4.78, 5) is 16.0. The van der Waals surface area contributed by atoms with E-state index in [0.717, 1.165) is 6.42 Å². The Kier molecular flexibility index (Phi) is 5.24. The topological polar surface area (TPSA) is 80.5 Å². The molecule has 3 aromatic rings. The van der Waals surface area contributed by atoms with Crippen molar-refractivity contribution in [1.82, 2.24) is 19.9 Å². The van der Waals surface area contributed by atoms with E-state index in [1.807, 2.05) is 0 Å². The third-order valence-corrected chi connectivity index (χ3v) is 5.19. The second kappa shape index (κ2) is 7.41. The predicted octanol–water partition coefficient (Wildman–Crippen LogP) is 4.80. The van der Waals surface area contributed by atoms with Gasteiger partial charge >= 0.3 is 0 Å². The average molecular weight is 378 g/mol. The van der Waals surface area contributed by atoms with Crippen LogP contribution in [-0.4, -0.2) is 25.2 Å². The van der Waals surface area contributed by atoms with Gasteiger partial charge in [0.05, 0.1) is 10.6 Å². The van der Waals surface area contributed by atoms with Gasteiger partial charge in [-0.2, -0.15) is 0 Å². The van der Waals surface area contributed by atoms with Gasteiger partial charge in [-0.3, -0.25) is 0 Å². The maximum absolute atomic E-state index is 14.1. The highest BCUT2D eigenvalue weighted by atomic mass is 35.5. The van der Waals surface area contributed by atoms with Gasteiger partial charge in [-0.25, -0.2) is 19.3 Å². The zero-order valence-electron chi connectivity index (χ0n) is 13.8. The fourth-order valence-corrected chi connectivity index (χ4v) is 3.22. The number of aromatic nitrogens is 4. The van der Waals surface area contributed by atoms with Crippen molar-refractivity contribution in [3.05, 3.63) is 41.4 Å². The Morgan fingerprint density at radius 3 is 2.68 bits per heavy atom. The molecule has 2 heterocycles. The Morgan fingerprint density at radius 1 is 1.32 bits per heavy atom. The Hall–Kier alpha value is -2.12. The first-order chi connectivity index (χ1) is 12.0. The smallest absolute Gasteiger partial charge is 0.187 e. The van der Waals surface area contributed by atoms with Crippen LogP contribution in [0.4, 0.5) is 10.2 Å². The minimum atomic E-state index is -0.468. The molecule has 0 spiro atoms. The van der Waals surface area contributed by atoms with E-state index in [1.54, 1.807) is 30.2 Å². The monoisotopic (exact) mass is 377 g/mol. The zero-order valence-corrected chi connectivity index (χ0v) is 15.3. The lowest BCUT2D eigenvalue weighted by Crippen LogP contribution is -1.96. The van der Waals surface area contributed by atoms with E-state index in [9.17, 15) is 4.39 Å². The third-order valence-electron chi connectivity index (χ3n) is 3.71. The third kappa shape index (κ3) is 3.77. The number of halogens is 2. The number of H-pyrrole nitrogens is 1. The van der Waals surface area contributed by atoms with Gasteiger partial charge in [0.2, 0.25) is 0 Å². The van der Waals surface area contributed by atoms with Gasteiger partial charge in [-0.1, -0.05) is 43.3 Å². The van der Waals surface area contributed by atoms with Crippen molar-refractivity contribution in [2.24, 2.45) is 0 Å². The van der Waals surface area contributed by atoms with Gasteiger partial charge in [-0.15, -0.1) is 0 Å². The van der Waals surface area contributed by atoms with Gasteiger partial charge in [0, 0.05) is 23.2 Å². The Balaban J connectivity index is 1.93. The van der Waals surface area contributed by atoms with E-state index < -0.39 is 5.82 Å². The van der Waals surface area contributed by atoms with Crippen molar-refractivity contribution >= 4 is 29.2 Å². The molecule has 0 saturated heterocycles. The Morgan fingerprint density at radius 2 is 2.04 bits per heavy atom. The highest BCUT2D eigenvalue weighted by molar-refractivity contribution is 7.99. The summed E-state index contributed by atoms with van der Waals surface area (Å²) in [6.07, 6.45) is 4.36. The first kappa shape index (κ1) is 17.7. The molecule has 25 heavy (non-hydrogen) atoms. The molecule has 0 aliphatic rings. The number of rotatable bonds is 5. The molecule has 1 aromatic carbocycles. The molecule has 0 bridgehead atoms. The number of benzene rings is 1. The highest BCUT2D eigenvalue weighted by Gasteiger charge is 2.17. The van der Waals surface area contributed by atoms with E-state index >= 15 is 0 Å². The molecule has 0 aliphatic heterocycles. The minimum absolute atomic E-state index is 0.187. The summed E-state index contributed by atoms with van der Waals surface area (Å²) in [5.74, 6) is 0.109. The molecule has 3 N–H and O–H groups in total. The van der Waals surface area contributed by atoms with Crippen LogP contribution in [0.2, 0.25) is 5.02 Å². The van der Waals surface area contributed by atoms with Crippen molar-refractivity contribution in [3.63, 3.8) is 0 Å². The predicted molar refractivity (Wildman–Crippen MR) is 100 cm³/mol. The summed E-state index contributed by atoms with van der Waals surface area (Å²) in [7, 11) is 0. The lowest BCUT2D eigenvalue weighted by Gasteiger charge is -2.06. The van der Waals surface area contributed by atoms with Gasteiger partial charge < -0.3 is 10.7 Å². The number of nitrogens with two attached hydrogens (primary N) is 1. The number of anilines is 1. The molecule has 130 valence electrons. The summed E-state index contributed by atoms with van der Waals surface area (Å²) < 4.78 is 14.1. The van der Waals surface area contributed by atoms with Crippen LogP contribution in [0.3, 0.4) is 0 Å². The summed E-state index contributed by atoms with van der Waals surface area (Å²) in [6.45, 7) is 4.24. The van der Waals surface area contributed by atoms with Crippen molar-refractivity contribution in [3.8, 4) is 22.6 Å². The molecule has 0 amide bonds. The average Bonchev–Trinajstić information content (AvgIpc) is 2.96. The summed E-state index contributed by atoms with van der Waals surface area (Å²) >= 11 is 7.70. The molecule has 1 atom stereocenters. The Labute approximate surface area is 154 Å². The van der Waals surface area contributed by atoms with E-state index in [1.165, 1.54) is 12.1 Å². The van der Waals surface area contributed by atoms with E-state index in [0.29, 0.717) is 27.5 Å². The molecular formula is C17H17ClFN5S. The molecule has 0 saturated carbocycles. The van der Waals surface area contributed by atoms with Crippen LogP contribution in [0.1, 0.15) is 20.3 Å². The number of nitrogens with zero attached hydrogens (tertiary/aromatic N) is 3. The van der Waals surface area contributed by atoms with Crippen molar-refractivity contribution in [2.45, 2.75) is 30.7 Å². The van der Waals surface area contributed by atoms with Crippen molar-refractivity contribution in [2.75, 3.05) is 5.73 Å². The number of hydrogen-bond acceptors (Lipinski definition) is 5. The standard InChI is InChI=1S/C17H17ClFN5S/c1-3-9(2)25-17-21-7-10(8-22-17)14-15(20)24-16(23-14)13-11(18)5-4-6-12(13)19/h4-9H,3,20H2,1-2H3,(H,23,24). The zero-order chi connectivity index (χ0) is 18.0. The lowest BCUT2D eigenvalue weighted by atomic mass is 10.2. The minimum Gasteiger partial charge on any atom is -0.383 e. The van der Waals surface area contributed by atoms with Crippen molar-refractivity contribution in [1.29, 1.82) is 0 Å². The molecule has 2 aromatic heterocycles. The normalized spacial score (nSPS) is 12.3. The highest BCUT2D eigenvalue weighted by Crippen LogP contribution is 2.33. The number of nitrogen functional groups attached to an aromatic ring is 1. The number of nitrogens with one attached hydrogen (secondary N) is 1. The molecule has 1 unspecified atom stereocenters. The molecular weight excluding hydrogens is 361 g/mol. The van der Waals surface area contributed by atoms with Gasteiger partial charge in [0.15, 0.2) is 5.16 Å². The first-order valence-electron chi connectivity index (χ1n) is 7.78. The van der Waals surface area contributed by atoms with Crippen LogP contribution in [0.25, 0.3) is 22.6 Å². The molecule has 0 radical (unpaired) electrons. The number of thioether (sulfide) groups is 1. The number of imidazole rings is 1. The van der Waals surface area contributed by atoms with Crippen LogP contribution >= 0.6 is 23.4 Å². The van der Waals surface area contributed by atoms with Gasteiger partial charge in [-0.05, 0) is 18.6 Å². The van der Waals surface area contributed by atoms with E-state index in [2.05, 4.69) is 33.8 Å². The van der Waals surface area contributed by atoms with Crippen molar-refractivity contribution < 1.29 is 4.39 Å².